The SMILES string of the molecule is COc1cccc(-c2cc[c]c(F)c2)n1. The largest absolute Gasteiger partial charge is 0.481 e. The van der Waals surface area contributed by atoms with Crippen LogP contribution in [0.25, 0.3) is 11.3 Å². The number of pyridine rings is 1. The maximum atomic E-state index is 12.9. The molecular weight excluding hydrogens is 193 g/mol. The van der Waals surface area contributed by atoms with Crippen molar-refractivity contribution in [1.29, 1.82) is 0 Å². The van der Waals surface area contributed by atoms with Gasteiger partial charge < -0.3 is 4.74 Å². The minimum absolute atomic E-state index is 0.392. The molecule has 0 saturated heterocycles. The molecule has 0 atom stereocenters. The number of aromatic nitrogens is 1. The highest BCUT2D eigenvalue weighted by Crippen LogP contribution is 2.19. The van der Waals surface area contributed by atoms with Crippen molar-refractivity contribution in [3.8, 4) is 17.1 Å². The van der Waals surface area contributed by atoms with Gasteiger partial charge in [0.25, 0.3) is 0 Å². The first kappa shape index (κ1) is 9.65. The lowest BCUT2D eigenvalue weighted by Gasteiger charge is -2.03. The third-order valence-electron chi connectivity index (χ3n) is 1.99. The third-order valence-corrected chi connectivity index (χ3v) is 1.99. The van der Waals surface area contributed by atoms with Gasteiger partial charge >= 0.3 is 0 Å². The molecule has 0 amide bonds. The fraction of sp³-hybridized carbons (Fsp3) is 0.0833. The van der Waals surface area contributed by atoms with Gasteiger partial charge in [0.1, 0.15) is 5.82 Å². The summed E-state index contributed by atoms with van der Waals surface area (Å²) in [6.07, 6.45) is 0. The third kappa shape index (κ3) is 2.13. The Hall–Kier alpha value is -1.90. The summed E-state index contributed by atoms with van der Waals surface area (Å²) in [6.45, 7) is 0. The van der Waals surface area contributed by atoms with Crippen molar-refractivity contribution in [2.45, 2.75) is 0 Å². The van der Waals surface area contributed by atoms with Crippen molar-refractivity contribution in [2.75, 3.05) is 7.11 Å². The number of ether oxygens (including phenoxy) is 1. The summed E-state index contributed by atoms with van der Waals surface area (Å²) < 4.78 is 17.9. The smallest absolute Gasteiger partial charge is 0.213 e. The van der Waals surface area contributed by atoms with Crippen LogP contribution < -0.4 is 4.74 Å². The van der Waals surface area contributed by atoms with Gasteiger partial charge in [-0.25, -0.2) is 9.37 Å². The minimum Gasteiger partial charge on any atom is -0.481 e. The Morgan fingerprint density at radius 1 is 1.33 bits per heavy atom. The monoisotopic (exact) mass is 202 g/mol. The van der Waals surface area contributed by atoms with E-state index in [9.17, 15) is 4.39 Å². The molecule has 2 nitrogen and oxygen atoms in total. The molecule has 3 heteroatoms. The van der Waals surface area contributed by atoms with Crippen LogP contribution in [0.1, 0.15) is 0 Å². The minimum atomic E-state index is -0.392. The van der Waals surface area contributed by atoms with Gasteiger partial charge in [-0.1, -0.05) is 18.2 Å². The number of halogens is 1. The average molecular weight is 202 g/mol. The Kier molecular flexibility index (Phi) is 2.63. The van der Waals surface area contributed by atoms with Crippen LogP contribution in [0.3, 0.4) is 0 Å². The number of hydrogen-bond donors (Lipinski definition) is 0. The van der Waals surface area contributed by atoms with Gasteiger partial charge in [0.05, 0.1) is 12.8 Å². The second-order valence-electron chi connectivity index (χ2n) is 2.99. The zero-order valence-electron chi connectivity index (χ0n) is 8.20. The molecule has 1 heterocycles. The van der Waals surface area contributed by atoms with Gasteiger partial charge in [0.2, 0.25) is 5.88 Å². The van der Waals surface area contributed by atoms with Crippen molar-refractivity contribution in [3.63, 3.8) is 0 Å². The van der Waals surface area contributed by atoms with Crippen LogP contribution in [0.5, 0.6) is 5.88 Å². The molecule has 1 aromatic carbocycles. The van der Waals surface area contributed by atoms with E-state index in [-0.39, 0.29) is 0 Å². The fourth-order valence-corrected chi connectivity index (χ4v) is 1.29. The standard InChI is InChI=1S/C12H9FNO/c1-15-12-7-3-6-11(14-12)9-4-2-5-10(13)8-9/h2-4,6-8H,1H3. The molecule has 0 saturated carbocycles. The first-order valence-corrected chi connectivity index (χ1v) is 4.48. The molecule has 2 rings (SSSR count). The van der Waals surface area contributed by atoms with E-state index < -0.39 is 5.82 Å². The van der Waals surface area contributed by atoms with E-state index >= 15 is 0 Å². The summed E-state index contributed by atoms with van der Waals surface area (Å²) in [5.41, 5.74) is 1.40. The predicted octanol–water partition coefficient (Wildman–Crippen LogP) is 2.70. The second kappa shape index (κ2) is 4.09. The number of nitrogens with zero attached hydrogens (tertiary/aromatic N) is 1. The Morgan fingerprint density at radius 2 is 2.20 bits per heavy atom. The van der Waals surface area contributed by atoms with Crippen molar-refractivity contribution < 1.29 is 9.13 Å². The summed E-state index contributed by atoms with van der Waals surface area (Å²) >= 11 is 0. The highest BCUT2D eigenvalue weighted by molar-refractivity contribution is 5.59. The topological polar surface area (TPSA) is 22.1 Å². The van der Waals surface area contributed by atoms with E-state index in [0.29, 0.717) is 17.1 Å². The number of methoxy groups -OCH3 is 1. The van der Waals surface area contributed by atoms with E-state index in [2.05, 4.69) is 11.1 Å². The van der Waals surface area contributed by atoms with E-state index in [0.717, 1.165) is 0 Å². The van der Waals surface area contributed by atoms with E-state index in [1.165, 1.54) is 12.1 Å². The Bertz CT molecular complexity index is 471. The zero-order valence-corrected chi connectivity index (χ0v) is 8.20. The van der Waals surface area contributed by atoms with Gasteiger partial charge in [-0.3, -0.25) is 0 Å². The maximum Gasteiger partial charge on any atom is 0.213 e. The molecule has 1 radical (unpaired) electrons. The normalized spacial score (nSPS) is 10.0. The summed E-state index contributed by atoms with van der Waals surface area (Å²) in [5.74, 6) is 0.123. The van der Waals surface area contributed by atoms with Gasteiger partial charge in [0.15, 0.2) is 0 Å². The Balaban J connectivity index is 2.44. The summed E-state index contributed by atoms with van der Waals surface area (Å²) in [5, 5.41) is 0. The van der Waals surface area contributed by atoms with Crippen molar-refractivity contribution in [3.05, 3.63) is 48.3 Å². The summed E-state index contributed by atoms with van der Waals surface area (Å²) in [6, 6.07) is 12.5. The van der Waals surface area contributed by atoms with Crippen LogP contribution >= 0.6 is 0 Å². The lowest BCUT2D eigenvalue weighted by Crippen LogP contribution is -1.89. The van der Waals surface area contributed by atoms with Crippen LogP contribution in [0.15, 0.2) is 36.4 Å². The number of hydrogen-bond acceptors (Lipinski definition) is 2. The lowest BCUT2D eigenvalue weighted by molar-refractivity contribution is 0.398. The van der Waals surface area contributed by atoms with Crippen LogP contribution in [0, 0.1) is 11.9 Å². The first-order valence-electron chi connectivity index (χ1n) is 4.48. The first-order chi connectivity index (χ1) is 7.29. The molecule has 0 aliphatic carbocycles. The summed E-state index contributed by atoms with van der Waals surface area (Å²) in [4.78, 5) is 4.20. The fourth-order valence-electron chi connectivity index (χ4n) is 1.29. The molecule has 0 unspecified atom stereocenters. The molecular formula is C12H9FNO. The molecule has 0 fully saturated rings. The van der Waals surface area contributed by atoms with Crippen LogP contribution in [-0.4, -0.2) is 12.1 Å². The van der Waals surface area contributed by atoms with E-state index in [1.54, 1.807) is 25.3 Å². The van der Waals surface area contributed by atoms with Crippen molar-refractivity contribution >= 4 is 0 Å². The molecule has 0 bridgehead atoms. The maximum absolute atomic E-state index is 12.9. The molecule has 0 spiro atoms. The quantitative estimate of drug-likeness (QED) is 0.747. The lowest BCUT2D eigenvalue weighted by atomic mass is 10.1. The molecule has 15 heavy (non-hydrogen) atoms. The van der Waals surface area contributed by atoms with Gasteiger partial charge in [-0.2, -0.15) is 0 Å². The van der Waals surface area contributed by atoms with Crippen LogP contribution in [0.4, 0.5) is 4.39 Å². The number of rotatable bonds is 2. The number of benzene rings is 1. The molecule has 1 aromatic heterocycles. The Morgan fingerprint density at radius 3 is 2.93 bits per heavy atom. The van der Waals surface area contributed by atoms with Gasteiger partial charge in [-0.15, -0.1) is 0 Å². The van der Waals surface area contributed by atoms with Gasteiger partial charge in [0, 0.05) is 17.7 Å². The highest BCUT2D eigenvalue weighted by Gasteiger charge is 2.01. The average Bonchev–Trinajstić information content (AvgIpc) is 2.29. The molecule has 0 aliphatic heterocycles. The predicted molar refractivity (Wildman–Crippen MR) is 55.0 cm³/mol. The van der Waals surface area contributed by atoms with Crippen LogP contribution in [0.2, 0.25) is 0 Å². The summed E-state index contributed by atoms with van der Waals surface area (Å²) in [7, 11) is 1.55. The van der Waals surface area contributed by atoms with Crippen LogP contribution in [-0.2, 0) is 0 Å². The Labute approximate surface area is 87.4 Å². The highest BCUT2D eigenvalue weighted by atomic mass is 19.1. The van der Waals surface area contributed by atoms with E-state index in [4.69, 9.17) is 4.74 Å². The molecule has 75 valence electrons. The second-order valence-corrected chi connectivity index (χ2v) is 2.99. The van der Waals surface area contributed by atoms with Gasteiger partial charge in [-0.05, 0) is 12.1 Å². The zero-order chi connectivity index (χ0) is 10.7. The molecule has 0 N–H and O–H groups in total. The van der Waals surface area contributed by atoms with Crippen molar-refractivity contribution in [1.82, 2.24) is 4.98 Å². The van der Waals surface area contributed by atoms with E-state index in [1.807, 2.05) is 6.07 Å². The molecule has 2 aromatic rings. The molecule has 0 aliphatic rings. The van der Waals surface area contributed by atoms with Crippen molar-refractivity contribution in [2.24, 2.45) is 0 Å².